The highest BCUT2D eigenvalue weighted by atomic mass is 35.5. The third kappa shape index (κ3) is 5.00. The van der Waals surface area contributed by atoms with E-state index < -0.39 is 0 Å². The fourth-order valence-electron chi connectivity index (χ4n) is 4.28. The number of aromatic nitrogens is 1. The van der Waals surface area contributed by atoms with Crippen LogP contribution in [0.25, 0.3) is 11.3 Å². The predicted molar refractivity (Wildman–Crippen MR) is 136 cm³/mol. The van der Waals surface area contributed by atoms with Crippen LogP contribution in [0.5, 0.6) is 0 Å². The van der Waals surface area contributed by atoms with Gasteiger partial charge in [-0.05, 0) is 92.1 Å². The number of amides is 1. The van der Waals surface area contributed by atoms with Gasteiger partial charge in [0.2, 0.25) is 0 Å². The summed E-state index contributed by atoms with van der Waals surface area (Å²) in [6, 6.07) is 24.8. The molecular formula is C28H26ClN3O2. The van der Waals surface area contributed by atoms with Gasteiger partial charge in [-0.2, -0.15) is 0 Å². The summed E-state index contributed by atoms with van der Waals surface area (Å²) in [5.74, 6) is 0.691. The van der Waals surface area contributed by atoms with Crippen LogP contribution in [0.1, 0.15) is 35.5 Å². The highest BCUT2D eigenvalue weighted by molar-refractivity contribution is 6.30. The molecule has 172 valence electrons. The fourth-order valence-corrected chi connectivity index (χ4v) is 4.41. The van der Waals surface area contributed by atoms with Crippen LogP contribution in [0.2, 0.25) is 5.02 Å². The first-order chi connectivity index (χ1) is 16.7. The SMILES string of the molecule is O=C(c1ccc(-c2ccc(Cl)cc2)o1)N(Cc1ccccn1)c1ccc(N2CCCCC2)cc1. The monoisotopic (exact) mass is 471 g/mol. The third-order valence-electron chi connectivity index (χ3n) is 6.12. The number of pyridine rings is 1. The predicted octanol–water partition coefficient (Wildman–Crippen LogP) is 6.83. The van der Waals surface area contributed by atoms with E-state index in [1.807, 2.05) is 48.5 Å². The zero-order valence-corrected chi connectivity index (χ0v) is 19.6. The van der Waals surface area contributed by atoms with E-state index in [1.54, 1.807) is 29.3 Å². The van der Waals surface area contributed by atoms with Crippen LogP contribution in [0.3, 0.4) is 0 Å². The molecule has 34 heavy (non-hydrogen) atoms. The second kappa shape index (κ2) is 10.1. The number of halogens is 1. The van der Waals surface area contributed by atoms with Crippen LogP contribution in [-0.2, 0) is 6.54 Å². The number of furan rings is 1. The van der Waals surface area contributed by atoms with Gasteiger partial charge in [-0.1, -0.05) is 17.7 Å². The smallest absolute Gasteiger partial charge is 0.294 e. The molecule has 0 unspecified atom stereocenters. The standard InChI is InChI=1S/C28H26ClN3O2/c29-22-9-7-21(8-10-22)26-15-16-27(34-26)28(33)32(20-23-6-2-3-17-30-23)25-13-11-24(12-14-25)31-18-4-1-5-19-31/h2-3,6-17H,1,4-5,18-20H2. The average molecular weight is 472 g/mol. The van der Waals surface area contributed by atoms with Gasteiger partial charge in [-0.15, -0.1) is 0 Å². The highest BCUT2D eigenvalue weighted by Gasteiger charge is 2.23. The van der Waals surface area contributed by atoms with Gasteiger partial charge in [0.05, 0.1) is 12.2 Å². The van der Waals surface area contributed by atoms with Crippen molar-refractivity contribution in [1.82, 2.24) is 4.98 Å². The maximum absolute atomic E-state index is 13.6. The molecule has 2 aromatic heterocycles. The lowest BCUT2D eigenvalue weighted by Gasteiger charge is -2.29. The summed E-state index contributed by atoms with van der Waals surface area (Å²) in [4.78, 5) is 22.2. The van der Waals surface area contributed by atoms with Gasteiger partial charge in [-0.3, -0.25) is 14.7 Å². The Balaban J connectivity index is 1.43. The van der Waals surface area contributed by atoms with E-state index in [2.05, 4.69) is 22.0 Å². The molecule has 3 heterocycles. The summed E-state index contributed by atoms with van der Waals surface area (Å²) in [6.45, 7) is 2.51. The molecule has 5 rings (SSSR count). The van der Waals surface area contributed by atoms with Crippen molar-refractivity contribution in [3.05, 3.63) is 102 Å². The maximum atomic E-state index is 13.6. The number of hydrogen-bond acceptors (Lipinski definition) is 4. The van der Waals surface area contributed by atoms with Gasteiger partial charge < -0.3 is 9.32 Å². The number of piperidine rings is 1. The van der Waals surface area contributed by atoms with Crippen molar-refractivity contribution >= 4 is 28.9 Å². The van der Waals surface area contributed by atoms with Crippen LogP contribution < -0.4 is 9.80 Å². The number of nitrogens with zero attached hydrogens (tertiary/aromatic N) is 3. The van der Waals surface area contributed by atoms with Crippen LogP contribution in [0.4, 0.5) is 11.4 Å². The van der Waals surface area contributed by atoms with Crippen molar-refractivity contribution in [3.63, 3.8) is 0 Å². The molecule has 1 aliphatic rings. The largest absolute Gasteiger partial charge is 0.451 e. The minimum atomic E-state index is -0.211. The summed E-state index contributed by atoms with van der Waals surface area (Å²) in [5.41, 5.74) is 3.67. The van der Waals surface area contributed by atoms with Gasteiger partial charge >= 0.3 is 0 Å². The van der Waals surface area contributed by atoms with E-state index in [1.165, 1.54) is 24.9 Å². The van der Waals surface area contributed by atoms with Gasteiger partial charge in [0.1, 0.15) is 5.76 Å². The Hall–Kier alpha value is -3.57. The summed E-state index contributed by atoms with van der Waals surface area (Å²) >= 11 is 6.00. The van der Waals surface area contributed by atoms with Crippen molar-refractivity contribution in [2.24, 2.45) is 0 Å². The quantitative estimate of drug-likeness (QED) is 0.309. The maximum Gasteiger partial charge on any atom is 0.294 e. The van der Waals surface area contributed by atoms with Crippen LogP contribution in [-0.4, -0.2) is 24.0 Å². The van der Waals surface area contributed by atoms with Crippen molar-refractivity contribution in [1.29, 1.82) is 0 Å². The Labute approximate surface area is 204 Å². The zero-order valence-electron chi connectivity index (χ0n) is 18.9. The first kappa shape index (κ1) is 22.2. The molecule has 0 bridgehead atoms. The minimum absolute atomic E-state index is 0.211. The minimum Gasteiger partial charge on any atom is -0.451 e. The number of anilines is 2. The number of rotatable bonds is 6. The van der Waals surface area contributed by atoms with E-state index in [0.29, 0.717) is 17.3 Å². The van der Waals surface area contributed by atoms with Crippen LogP contribution in [0.15, 0.2) is 89.5 Å². The second-order valence-electron chi connectivity index (χ2n) is 8.45. The van der Waals surface area contributed by atoms with E-state index in [0.717, 1.165) is 30.0 Å². The highest BCUT2D eigenvalue weighted by Crippen LogP contribution is 2.28. The normalized spacial score (nSPS) is 13.6. The Bertz CT molecular complexity index is 1230. The molecule has 4 aromatic rings. The molecule has 0 atom stereocenters. The van der Waals surface area contributed by atoms with Crippen LogP contribution in [0, 0.1) is 0 Å². The van der Waals surface area contributed by atoms with E-state index in [-0.39, 0.29) is 11.7 Å². The molecule has 5 nitrogen and oxygen atoms in total. The Morgan fingerprint density at radius 2 is 1.68 bits per heavy atom. The Kier molecular flexibility index (Phi) is 6.63. The summed E-state index contributed by atoms with van der Waals surface area (Å²) < 4.78 is 5.97. The lowest BCUT2D eigenvalue weighted by molar-refractivity contribution is 0.0959. The number of hydrogen-bond donors (Lipinski definition) is 0. The van der Waals surface area contributed by atoms with Gasteiger partial charge in [0, 0.05) is 41.2 Å². The summed E-state index contributed by atoms with van der Waals surface area (Å²) in [6.07, 6.45) is 5.48. The molecule has 1 amide bonds. The third-order valence-corrected chi connectivity index (χ3v) is 6.37. The van der Waals surface area contributed by atoms with Crippen molar-refractivity contribution in [3.8, 4) is 11.3 Å². The second-order valence-corrected chi connectivity index (χ2v) is 8.88. The van der Waals surface area contributed by atoms with E-state index >= 15 is 0 Å². The molecule has 0 saturated carbocycles. The number of carbonyl (C=O) groups is 1. The molecule has 0 spiro atoms. The average Bonchev–Trinajstić information content (AvgIpc) is 3.39. The van der Waals surface area contributed by atoms with Gasteiger partial charge in [0.15, 0.2) is 5.76 Å². The fraction of sp³-hybridized carbons (Fsp3) is 0.214. The summed E-state index contributed by atoms with van der Waals surface area (Å²) in [7, 11) is 0. The van der Waals surface area contributed by atoms with Gasteiger partial charge in [-0.25, -0.2) is 0 Å². The number of carbonyl (C=O) groups excluding carboxylic acids is 1. The first-order valence-electron chi connectivity index (χ1n) is 11.6. The molecule has 0 radical (unpaired) electrons. The molecular weight excluding hydrogens is 446 g/mol. The molecule has 1 fully saturated rings. The van der Waals surface area contributed by atoms with Crippen molar-refractivity contribution in [2.45, 2.75) is 25.8 Å². The topological polar surface area (TPSA) is 49.6 Å². The Morgan fingerprint density at radius 3 is 2.38 bits per heavy atom. The Morgan fingerprint density at radius 1 is 0.912 bits per heavy atom. The first-order valence-corrected chi connectivity index (χ1v) is 12.0. The molecule has 0 N–H and O–H groups in total. The van der Waals surface area contributed by atoms with E-state index in [9.17, 15) is 4.79 Å². The lowest BCUT2D eigenvalue weighted by atomic mass is 10.1. The molecule has 2 aromatic carbocycles. The summed E-state index contributed by atoms with van der Waals surface area (Å²) in [5, 5.41) is 0.654. The van der Waals surface area contributed by atoms with Gasteiger partial charge in [0.25, 0.3) is 5.91 Å². The zero-order chi connectivity index (χ0) is 23.3. The van der Waals surface area contributed by atoms with Crippen LogP contribution >= 0.6 is 11.6 Å². The number of benzene rings is 2. The van der Waals surface area contributed by atoms with Crippen molar-refractivity contribution in [2.75, 3.05) is 22.9 Å². The van der Waals surface area contributed by atoms with Crippen molar-refractivity contribution < 1.29 is 9.21 Å². The molecule has 0 aliphatic carbocycles. The molecule has 6 heteroatoms. The molecule has 1 saturated heterocycles. The molecule has 1 aliphatic heterocycles. The van der Waals surface area contributed by atoms with E-state index in [4.69, 9.17) is 16.0 Å². The lowest BCUT2D eigenvalue weighted by Crippen LogP contribution is -2.31.